The highest BCUT2D eigenvalue weighted by Gasteiger charge is 2.26. The molecule has 0 aliphatic heterocycles. The van der Waals surface area contributed by atoms with Gasteiger partial charge < -0.3 is 9.47 Å². The van der Waals surface area contributed by atoms with Crippen LogP contribution in [-0.2, 0) is 19.1 Å². The summed E-state index contributed by atoms with van der Waals surface area (Å²) in [4.78, 5) is 23.6. The number of hydrogen-bond donors (Lipinski definition) is 0. The predicted molar refractivity (Wildman–Crippen MR) is 70.0 cm³/mol. The van der Waals surface area contributed by atoms with Crippen molar-refractivity contribution in [2.24, 2.45) is 5.41 Å². The zero-order valence-corrected chi connectivity index (χ0v) is 12.3. The Morgan fingerprint density at radius 3 is 1.72 bits per heavy atom. The monoisotopic (exact) mass is 256 g/mol. The summed E-state index contributed by atoms with van der Waals surface area (Å²) in [6.07, 6.45) is 1.78. The number of carbonyl (C=O) groups excluding carboxylic acids is 2. The highest BCUT2D eigenvalue weighted by molar-refractivity contribution is 6.00. The van der Waals surface area contributed by atoms with E-state index in [9.17, 15) is 9.59 Å². The number of ether oxygens (including phenoxy) is 2. The molecular formula is C14H24O4. The molecule has 0 aromatic rings. The lowest BCUT2D eigenvalue weighted by Crippen LogP contribution is -2.19. The molecule has 0 aliphatic rings. The van der Waals surface area contributed by atoms with E-state index in [0.29, 0.717) is 24.0 Å². The van der Waals surface area contributed by atoms with E-state index in [0.717, 1.165) is 6.42 Å². The fourth-order valence-electron chi connectivity index (χ4n) is 1.70. The molecular weight excluding hydrogens is 232 g/mol. The Kier molecular flexibility index (Phi) is 6.66. The number of carbonyl (C=O) groups is 2. The quantitative estimate of drug-likeness (QED) is 0.560. The second kappa shape index (κ2) is 7.19. The molecule has 18 heavy (non-hydrogen) atoms. The van der Waals surface area contributed by atoms with Gasteiger partial charge in [0.2, 0.25) is 0 Å². The van der Waals surface area contributed by atoms with Crippen LogP contribution < -0.4 is 0 Å². The second-order valence-electron chi connectivity index (χ2n) is 5.43. The SMILES string of the molecule is CCCC(C(=O)OC)=C(CC(C)(C)C)C(=O)OC. The van der Waals surface area contributed by atoms with E-state index in [1.165, 1.54) is 14.2 Å². The zero-order valence-electron chi connectivity index (χ0n) is 12.3. The summed E-state index contributed by atoms with van der Waals surface area (Å²) in [5.41, 5.74) is 0.761. The first-order chi connectivity index (χ1) is 8.26. The number of esters is 2. The standard InChI is InChI=1S/C14H24O4/c1-7-8-10(12(15)17-5)11(13(16)18-6)9-14(2,3)4/h7-9H2,1-6H3. The molecule has 4 heteroatoms. The van der Waals surface area contributed by atoms with E-state index < -0.39 is 11.9 Å². The van der Waals surface area contributed by atoms with Crippen LogP contribution in [0.3, 0.4) is 0 Å². The van der Waals surface area contributed by atoms with Gasteiger partial charge in [0.05, 0.1) is 14.2 Å². The van der Waals surface area contributed by atoms with Gasteiger partial charge in [0.15, 0.2) is 0 Å². The average molecular weight is 256 g/mol. The summed E-state index contributed by atoms with van der Waals surface area (Å²) >= 11 is 0. The highest BCUT2D eigenvalue weighted by atomic mass is 16.5. The van der Waals surface area contributed by atoms with Crippen LogP contribution in [0.5, 0.6) is 0 Å². The van der Waals surface area contributed by atoms with E-state index in [1.54, 1.807) is 0 Å². The fourth-order valence-corrected chi connectivity index (χ4v) is 1.70. The van der Waals surface area contributed by atoms with E-state index in [-0.39, 0.29) is 5.41 Å². The smallest absolute Gasteiger partial charge is 0.334 e. The molecule has 0 heterocycles. The minimum Gasteiger partial charge on any atom is -0.466 e. The van der Waals surface area contributed by atoms with Crippen molar-refractivity contribution in [3.63, 3.8) is 0 Å². The number of methoxy groups -OCH3 is 2. The van der Waals surface area contributed by atoms with Crippen molar-refractivity contribution in [2.75, 3.05) is 14.2 Å². The van der Waals surface area contributed by atoms with Crippen LogP contribution in [0, 0.1) is 5.41 Å². The first-order valence-corrected chi connectivity index (χ1v) is 6.15. The van der Waals surface area contributed by atoms with Crippen LogP contribution in [-0.4, -0.2) is 26.2 Å². The lowest BCUT2D eigenvalue weighted by molar-refractivity contribution is -0.139. The summed E-state index contributed by atoms with van der Waals surface area (Å²) < 4.78 is 9.53. The molecule has 0 aromatic carbocycles. The summed E-state index contributed by atoms with van der Waals surface area (Å²) in [6, 6.07) is 0. The largest absolute Gasteiger partial charge is 0.466 e. The third kappa shape index (κ3) is 5.34. The summed E-state index contributed by atoms with van der Waals surface area (Å²) in [5, 5.41) is 0. The molecule has 4 nitrogen and oxygen atoms in total. The van der Waals surface area contributed by atoms with Crippen LogP contribution in [0.2, 0.25) is 0 Å². The van der Waals surface area contributed by atoms with E-state index in [4.69, 9.17) is 9.47 Å². The first kappa shape index (κ1) is 16.7. The Balaban J connectivity index is 5.55. The van der Waals surface area contributed by atoms with Crippen molar-refractivity contribution in [3.8, 4) is 0 Å². The van der Waals surface area contributed by atoms with Crippen molar-refractivity contribution in [1.29, 1.82) is 0 Å². The van der Waals surface area contributed by atoms with Gasteiger partial charge in [-0.1, -0.05) is 34.1 Å². The van der Waals surface area contributed by atoms with E-state index >= 15 is 0 Å². The molecule has 0 rings (SSSR count). The molecule has 0 aliphatic carbocycles. The molecule has 0 atom stereocenters. The molecule has 0 unspecified atom stereocenters. The Morgan fingerprint density at radius 1 is 0.944 bits per heavy atom. The lowest BCUT2D eigenvalue weighted by Gasteiger charge is -2.21. The molecule has 0 aromatic heterocycles. The molecule has 0 radical (unpaired) electrons. The maximum absolute atomic E-state index is 11.8. The maximum Gasteiger partial charge on any atom is 0.334 e. The van der Waals surface area contributed by atoms with Crippen LogP contribution in [0.4, 0.5) is 0 Å². The van der Waals surface area contributed by atoms with E-state index in [2.05, 4.69) is 0 Å². The van der Waals surface area contributed by atoms with Crippen molar-refractivity contribution in [1.82, 2.24) is 0 Å². The topological polar surface area (TPSA) is 52.6 Å². The molecule has 0 saturated heterocycles. The van der Waals surface area contributed by atoms with Gasteiger partial charge in [0, 0.05) is 11.1 Å². The molecule has 0 bridgehead atoms. The maximum atomic E-state index is 11.8. The Hall–Kier alpha value is -1.32. The van der Waals surface area contributed by atoms with Gasteiger partial charge in [-0.05, 0) is 18.3 Å². The number of hydrogen-bond acceptors (Lipinski definition) is 4. The van der Waals surface area contributed by atoms with Gasteiger partial charge in [-0.3, -0.25) is 0 Å². The van der Waals surface area contributed by atoms with Gasteiger partial charge in [-0.15, -0.1) is 0 Å². The van der Waals surface area contributed by atoms with Gasteiger partial charge in [0.25, 0.3) is 0 Å². The minimum atomic E-state index is -0.446. The van der Waals surface area contributed by atoms with Gasteiger partial charge in [-0.25, -0.2) is 9.59 Å². The van der Waals surface area contributed by atoms with Crippen molar-refractivity contribution < 1.29 is 19.1 Å². The molecule has 0 spiro atoms. The Bertz CT molecular complexity index is 334. The third-order valence-corrected chi connectivity index (χ3v) is 2.43. The van der Waals surface area contributed by atoms with Gasteiger partial charge in [-0.2, -0.15) is 0 Å². The highest BCUT2D eigenvalue weighted by Crippen LogP contribution is 2.28. The van der Waals surface area contributed by atoms with Crippen LogP contribution >= 0.6 is 0 Å². The zero-order chi connectivity index (χ0) is 14.3. The molecule has 0 fully saturated rings. The van der Waals surface area contributed by atoms with Crippen molar-refractivity contribution in [2.45, 2.75) is 47.0 Å². The second-order valence-corrected chi connectivity index (χ2v) is 5.43. The Labute approximate surface area is 109 Å². The lowest BCUT2D eigenvalue weighted by atomic mass is 9.85. The predicted octanol–water partition coefficient (Wildman–Crippen LogP) is 2.87. The number of rotatable bonds is 5. The van der Waals surface area contributed by atoms with E-state index in [1.807, 2.05) is 27.7 Å². The van der Waals surface area contributed by atoms with Gasteiger partial charge in [0.1, 0.15) is 0 Å². The summed E-state index contributed by atoms with van der Waals surface area (Å²) in [7, 11) is 2.65. The fraction of sp³-hybridized carbons (Fsp3) is 0.714. The first-order valence-electron chi connectivity index (χ1n) is 6.15. The van der Waals surface area contributed by atoms with Crippen molar-refractivity contribution in [3.05, 3.63) is 11.1 Å². The normalized spacial score (nSPS) is 12.8. The molecule has 0 saturated carbocycles. The van der Waals surface area contributed by atoms with Crippen LogP contribution in [0.15, 0.2) is 11.1 Å². The summed E-state index contributed by atoms with van der Waals surface area (Å²) in [5.74, 6) is -0.889. The average Bonchev–Trinajstić information content (AvgIpc) is 2.30. The Morgan fingerprint density at radius 2 is 1.39 bits per heavy atom. The molecule has 104 valence electrons. The van der Waals surface area contributed by atoms with Crippen molar-refractivity contribution >= 4 is 11.9 Å². The molecule has 0 N–H and O–H groups in total. The van der Waals surface area contributed by atoms with Gasteiger partial charge >= 0.3 is 11.9 Å². The van der Waals surface area contributed by atoms with Crippen LogP contribution in [0.1, 0.15) is 47.0 Å². The summed E-state index contributed by atoms with van der Waals surface area (Å²) in [6.45, 7) is 7.99. The molecule has 0 amide bonds. The van der Waals surface area contributed by atoms with Crippen LogP contribution in [0.25, 0.3) is 0 Å². The third-order valence-electron chi connectivity index (χ3n) is 2.43. The minimum absolute atomic E-state index is 0.101.